The van der Waals surface area contributed by atoms with Crippen molar-refractivity contribution in [2.75, 3.05) is 6.54 Å². The van der Waals surface area contributed by atoms with Crippen LogP contribution in [0.1, 0.15) is 91.7 Å². The zero-order valence-corrected chi connectivity index (χ0v) is 35.0. The molecule has 2 aliphatic carbocycles. The summed E-state index contributed by atoms with van der Waals surface area (Å²) >= 11 is 1.40. The minimum atomic E-state index is -4.91. The van der Waals surface area contributed by atoms with Gasteiger partial charge in [0.15, 0.2) is 0 Å². The molecule has 1 saturated heterocycles. The van der Waals surface area contributed by atoms with E-state index < -0.39 is 85.9 Å². The van der Waals surface area contributed by atoms with Crippen molar-refractivity contribution >= 4 is 45.2 Å². The number of carbonyl (C=O) groups excluding carboxylic acids is 4. The molecule has 7 atom stereocenters. The van der Waals surface area contributed by atoms with Crippen molar-refractivity contribution in [3.05, 3.63) is 41.6 Å². The van der Waals surface area contributed by atoms with Crippen LogP contribution in [0.5, 0.6) is 5.75 Å². The first-order valence-electron chi connectivity index (χ1n) is 19.6. The van der Waals surface area contributed by atoms with Gasteiger partial charge in [0.2, 0.25) is 27.4 Å². The fourth-order valence-electron chi connectivity index (χ4n) is 7.53. The van der Waals surface area contributed by atoms with Gasteiger partial charge in [0.25, 0.3) is 5.91 Å². The normalized spacial score (nSPS) is 29.4. The van der Waals surface area contributed by atoms with Crippen LogP contribution in [0.15, 0.2) is 35.9 Å². The molecule has 6 rings (SSSR count). The zero-order valence-electron chi connectivity index (χ0n) is 33.4. The minimum absolute atomic E-state index is 0.0242. The Balaban J connectivity index is 1.34. The molecule has 1 unspecified atom stereocenters. The number of sulfonamides is 1. The topological polar surface area (TPSA) is 186 Å². The molecule has 2 aliphatic heterocycles. The fourth-order valence-corrected chi connectivity index (χ4v) is 9.60. The summed E-state index contributed by atoms with van der Waals surface area (Å²) in [7, 11) is -4.07. The first-order chi connectivity index (χ1) is 27.1. The molecule has 2 saturated carbocycles. The number of hydrogen-bond donors (Lipinski definition) is 3. The zero-order chi connectivity index (χ0) is 42.4. The lowest BCUT2D eigenvalue weighted by molar-refractivity contribution is -0.244. The van der Waals surface area contributed by atoms with E-state index in [1.807, 2.05) is 25.3 Å². The largest absolute Gasteiger partial charge is 0.488 e. The Morgan fingerprint density at radius 1 is 1.17 bits per heavy atom. The molecule has 2 aromatic rings. The van der Waals surface area contributed by atoms with Crippen LogP contribution in [0.2, 0.25) is 0 Å². The van der Waals surface area contributed by atoms with Gasteiger partial charge in [-0.2, -0.15) is 13.2 Å². The van der Waals surface area contributed by atoms with E-state index in [0.717, 1.165) is 5.69 Å². The quantitative estimate of drug-likeness (QED) is 0.269. The molecule has 4 aliphatic rings. The Labute approximate surface area is 340 Å². The second-order valence-corrected chi connectivity index (χ2v) is 19.9. The van der Waals surface area contributed by atoms with Gasteiger partial charge in [0, 0.05) is 35.7 Å². The second kappa shape index (κ2) is 16.1. The van der Waals surface area contributed by atoms with Crippen LogP contribution in [0.25, 0.3) is 10.7 Å². The summed E-state index contributed by atoms with van der Waals surface area (Å²) in [4.78, 5) is 66.6. The number of alkyl halides is 3. The number of hydrogen-bond acceptors (Lipinski definition) is 11. The van der Waals surface area contributed by atoms with Gasteiger partial charge >= 0.3 is 12.3 Å². The molecule has 0 bridgehead atoms. The highest BCUT2D eigenvalue weighted by atomic mass is 32.2. The van der Waals surface area contributed by atoms with Crippen LogP contribution in [0, 0.1) is 24.7 Å². The Bertz CT molecular complexity index is 2050. The predicted octanol–water partition coefficient (Wildman–Crippen LogP) is 5.57. The van der Waals surface area contributed by atoms with E-state index in [-0.39, 0.29) is 25.3 Å². The number of amides is 4. The lowest BCUT2D eigenvalue weighted by atomic mass is 9.85. The van der Waals surface area contributed by atoms with Gasteiger partial charge in [-0.3, -0.25) is 24.1 Å². The number of thiazole rings is 1. The Hall–Kier alpha value is -4.26. The molecule has 3 fully saturated rings. The van der Waals surface area contributed by atoms with E-state index in [1.165, 1.54) is 22.4 Å². The summed E-state index contributed by atoms with van der Waals surface area (Å²) in [6.45, 7) is 8.39. The van der Waals surface area contributed by atoms with Gasteiger partial charge < -0.3 is 25.0 Å². The van der Waals surface area contributed by atoms with E-state index in [9.17, 15) is 40.8 Å². The molecule has 0 aromatic carbocycles. The van der Waals surface area contributed by atoms with Crippen molar-refractivity contribution in [3.8, 4) is 16.5 Å². The standard InChI is InChI=1S/C39H51F3N6O8S2/c1-7-24-16-22(2)10-8-9-11-25-19-38(25,34(51)47-58(53,54)37(6)13-14-37)46-31(49)29-18-27(55-26-12-15-43-28(17-26)32-44-23(3)21-57-32)20-48(29)33(50)30(24)45-35(52)56-36(4,5)39(40,41)42/h9,11-12,15,17,21-22,24-25,27,29-30H,7-8,10,13-14,16,18-20H2,1-6H3,(H,45,52)(H,46,49)(H,47,51)/b11-9-/t22-,24-,25?,27-,29+,30+,38-/m1/s1. The number of ether oxygens (including phenoxy) is 2. The third-order valence-electron chi connectivity index (χ3n) is 11.8. The van der Waals surface area contributed by atoms with E-state index in [4.69, 9.17) is 9.47 Å². The van der Waals surface area contributed by atoms with Gasteiger partial charge in [0.1, 0.15) is 40.2 Å². The first-order valence-corrected chi connectivity index (χ1v) is 21.9. The van der Waals surface area contributed by atoms with Crippen molar-refractivity contribution in [1.82, 2.24) is 30.2 Å². The van der Waals surface area contributed by atoms with Gasteiger partial charge in [0.05, 0.1) is 11.3 Å². The molecule has 4 amide bonds. The third-order valence-corrected chi connectivity index (χ3v) is 14.9. The van der Waals surface area contributed by atoms with Crippen molar-refractivity contribution in [1.29, 1.82) is 0 Å². The highest BCUT2D eigenvalue weighted by Gasteiger charge is 2.63. The first kappa shape index (κ1) is 43.3. The lowest BCUT2D eigenvalue weighted by Crippen LogP contribution is -2.60. The van der Waals surface area contributed by atoms with E-state index in [2.05, 4.69) is 25.3 Å². The summed E-state index contributed by atoms with van der Waals surface area (Å²) in [5, 5.41) is 7.77. The van der Waals surface area contributed by atoms with Crippen LogP contribution in [0.3, 0.4) is 0 Å². The maximum Gasteiger partial charge on any atom is 0.427 e. The number of fused-ring (bicyclic) bond motifs is 2. The molecule has 2 aromatic heterocycles. The number of alkyl carbamates (subject to hydrolysis) is 1. The number of nitrogens with zero attached hydrogens (tertiary/aromatic N) is 3. The molecular formula is C39H51F3N6O8S2. The van der Waals surface area contributed by atoms with Gasteiger partial charge in [-0.15, -0.1) is 11.3 Å². The van der Waals surface area contributed by atoms with Crippen LogP contribution < -0.4 is 20.1 Å². The summed E-state index contributed by atoms with van der Waals surface area (Å²) < 4.78 is 80.0. The summed E-state index contributed by atoms with van der Waals surface area (Å²) in [6, 6.07) is 0.588. The SMILES string of the molecule is CC[C@@H]1C[C@H](C)CC/C=C\C2C[C@@]2(C(=O)NS(=O)(=O)C2(C)CC2)NC(=O)[C@@H]2C[C@@H](Oc3ccnc(-c4nc(C)cs4)c3)CN2C(=O)[C@H]1NC(=O)OC(C)(C)C(F)(F)F. The van der Waals surface area contributed by atoms with Gasteiger partial charge in [-0.25, -0.2) is 18.2 Å². The number of aromatic nitrogens is 2. The highest BCUT2D eigenvalue weighted by Crippen LogP contribution is 2.48. The number of nitrogens with one attached hydrogen (secondary N) is 3. The molecule has 0 spiro atoms. The maximum atomic E-state index is 14.8. The van der Waals surface area contributed by atoms with Crippen LogP contribution in [0.4, 0.5) is 18.0 Å². The number of rotatable bonds is 9. The summed E-state index contributed by atoms with van der Waals surface area (Å²) in [5.41, 5.74) is -3.16. The number of halogens is 3. The van der Waals surface area contributed by atoms with E-state index in [1.54, 1.807) is 32.1 Å². The van der Waals surface area contributed by atoms with Crippen molar-refractivity contribution < 1.29 is 50.2 Å². The van der Waals surface area contributed by atoms with E-state index in [0.29, 0.717) is 68.8 Å². The van der Waals surface area contributed by atoms with Crippen LogP contribution in [-0.2, 0) is 29.1 Å². The lowest BCUT2D eigenvalue weighted by Gasteiger charge is -2.35. The Kier molecular flexibility index (Phi) is 12.0. The molecule has 14 nitrogen and oxygen atoms in total. The van der Waals surface area contributed by atoms with Crippen molar-refractivity contribution in [2.24, 2.45) is 17.8 Å². The molecule has 0 radical (unpaired) electrons. The summed E-state index contributed by atoms with van der Waals surface area (Å²) in [5.74, 6) is -3.16. The summed E-state index contributed by atoms with van der Waals surface area (Å²) in [6.07, 6.45) is 0.764. The fraction of sp³-hybridized carbons (Fsp3) is 0.641. The molecule has 318 valence electrons. The average molecular weight is 853 g/mol. The Morgan fingerprint density at radius 3 is 2.53 bits per heavy atom. The molecular weight excluding hydrogens is 802 g/mol. The smallest absolute Gasteiger partial charge is 0.427 e. The van der Waals surface area contributed by atoms with Crippen LogP contribution >= 0.6 is 11.3 Å². The third kappa shape index (κ3) is 9.14. The number of aryl methyl sites for hydroxylation is 1. The van der Waals surface area contributed by atoms with Crippen LogP contribution in [-0.4, -0.2) is 93.9 Å². The molecule has 58 heavy (non-hydrogen) atoms. The van der Waals surface area contributed by atoms with Crippen molar-refractivity contribution in [2.45, 2.75) is 133 Å². The minimum Gasteiger partial charge on any atom is -0.488 e. The number of carbonyl (C=O) groups is 4. The number of pyridine rings is 1. The van der Waals surface area contributed by atoms with E-state index >= 15 is 0 Å². The van der Waals surface area contributed by atoms with Gasteiger partial charge in [-0.05, 0) is 84.1 Å². The van der Waals surface area contributed by atoms with Crippen molar-refractivity contribution in [3.63, 3.8) is 0 Å². The highest BCUT2D eigenvalue weighted by molar-refractivity contribution is 7.91. The predicted molar refractivity (Wildman–Crippen MR) is 208 cm³/mol. The maximum absolute atomic E-state index is 14.8. The van der Waals surface area contributed by atoms with Gasteiger partial charge in [-0.1, -0.05) is 32.4 Å². The Morgan fingerprint density at radius 2 is 1.90 bits per heavy atom. The second-order valence-electron chi connectivity index (χ2n) is 16.8. The molecule has 4 heterocycles. The molecule has 19 heteroatoms. The average Bonchev–Trinajstić information content (AvgIpc) is 3.94. The monoisotopic (exact) mass is 852 g/mol. The molecule has 3 N–H and O–H groups in total. The number of allylic oxidation sites excluding steroid dienone is 1.